The first kappa shape index (κ1) is 24.4. The summed E-state index contributed by atoms with van der Waals surface area (Å²) in [6, 6.07) is 10.2. The van der Waals surface area contributed by atoms with Gasteiger partial charge >= 0.3 is 15.6 Å². The number of hydrogen-bond acceptors (Lipinski definition) is 6. The largest absolute Gasteiger partial charge is 0.537 e. The highest BCUT2D eigenvalue weighted by atomic mass is 31.3. The molecule has 0 radical (unpaired) electrons. The second-order valence-corrected chi connectivity index (χ2v) is 11.7. The van der Waals surface area contributed by atoms with Crippen LogP contribution < -0.4 is 9.05 Å². The fourth-order valence-corrected chi connectivity index (χ4v) is 5.15. The third-order valence-corrected chi connectivity index (χ3v) is 6.55. The zero-order valence-electron chi connectivity index (χ0n) is 17.8. The second-order valence-electron chi connectivity index (χ2n) is 8.85. The van der Waals surface area contributed by atoms with E-state index in [0.717, 1.165) is 0 Å². The number of phenolic OH excluding ortho intramolecular Hbond substituents is 1. The first-order valence-electron chi connectivity index (χ1n) is 9.20. The third-order valence-electron chi connectivity index (χ3n) is 4.03. The van der Waals surface area contributed by atoms with Crippen molar-refractivity contribution in [3.8, 4) is 17.2 Å². The van der Waals surface area contributed by atoms with Gasteiger partial charge in [0.05, 0.1) is 0 Å². The number of rotatable bonds is 6. The maximum absolute atomic E-state index is 12.6. The van der Waals surface area contributed by atoms with E-state index in [9.17, 15) is 24.0 Å². The summed E-state index contributed by atoms with van der Waals surface area (Å²) in [5.41, 5.74) is -0.111. The highest BCUT2D eigenvalue weighted by molar-refractivity contribution is 7.61. The fraction of sp³-hybridized carbons (Fsp3) is 0.400. The molecule has 2 rings (SSSR count). The Morgan fingerprint density at radius 3 is 1.73 bits per heavy atom. The van der Waals surface area contributed by atoms with Crippen molar-refractivity contribution in [2.75, 3.05) is 0 Å². The van der Waals surface area contributed by atoms with Crippen LogP contribution in [0, 0.1) is 0 Å². The van der Waals surface area contributed by atoms with E-state index in [1.54, 1.807) is 18.2 Å². The van der Waals surface area contributed by atoms with Crippen LogP contribution in [0.15, 0.2) is 42.5 Å². The van der Waals surface area contributed by atoms with E-state index in [1.165, 1.54) is 24.3 Å². The maximum atomic E-state index is 12.6. The van der Waals surface area contributed by atoms with Crippen molar-refractivity contribution < 1.29 is 37.4 Å². The van der Waals surface area contributed by atoms with Crippen LogP contribution in [0.3, 0.4) is 0 Å². The quantitative estimate of drug-likeness (QED) is 0.474. The van der Waals surface area contributed by atoms with Crippen molar-refractivity contribution in [1.29, 1.82) is 0 Å². The van der Waals surface area contributed by atoms with Gasteiger partial charge in [-0.2, -0.15) is 4.31 Å². The molecular formula is C20H28O8P2. The van der Waals surface area contributed by atoms with Crippen molar-refractivity contribution in [3.05, 3.63) is 53.6 Å². The summed E-state index contributed by atoms with van der Waals surface area (Å²) >= 11 is 0. The van der Waals surface area contributed by atoms with Crippen molar-refractivity contribution in [3.63, 3.8) is 0 Å². The Morgan fingerprint density at radius 2 is 1.23 bits per heavy atom. The fourth-order valence-electron chi connectivity index (χ4n) is 3.06. The highest BCUT2D eigenvalue weighted by Gasteiger charge is 2.40. The van der Waals surface area contributed by atoms with Gasteiger partial charge in [-0.25, -0.2) is 9.13 Å². The molecule has 2 aromatic carbocycles. The Kier molecular flexibility index (Phi) is 6.82. The zero-order chi connectivity index (χ0) is 23.0. The van der Waals surface area contributed by atoms with Crippen LogP contribution in [-0.4, -0.2) is 14.9 Å². The van der Waals surface area contributed by atoms with Gasteiger partial charge in [0.1, 0.15) is 17.2 Å². The molecule has 0 bridgehead atoms. The SMILES string of the molecule is CC(C)(C)c1c(O)ccc(OP(=O)(O)OP(=O)(O)Oc2ccccc2)c1C(C)(C)C. The third kappa shape index (κ3) is 6.34. The molecule has 166 valence electrons. The summed E-state index contributed by atoms with van der Waals surface area (Å²) in [5.74, 6) is -0.0529. The molecule has 30 heavy (non-hydrogen) atoms. The lowest BCUT2D eigenvalue weighted by Gasteiger charge is -2.32. The molecule has 0 fully saturated rings. The zero-order valence-corrected chi connectivity index (χ0v) is 19.6. The van der Waals surface area contributed by atoms with Crippen LogP contribution in [0.4, 0.5) is 0 Å². The normalized spacial score (nSPS) is 16.4. The number of para-hydroxylation sites is 1. The van der Waals surface area contributed by atoms with Crippen molar-refractivity contribution in [1.82, 2.24) is 0 Å². The van der Waals surface area contributed by atoms with Gasteiger partial charge in [0.2, 0.25) is 0 Å². The van der Waals surface area contributed by atoms with E-state index in [2.05, 4.69) is 4.31 Å². The lowest BCUT2D eigenvalue weighted by atomic mass is 9.74. The van der Waals surface area contributed by atoms with E-state index in [4.69, 9.17) is 9.05 Å². The van der Waals surface area contributed by atoms with Gasteiger partial charge in [0.15, 0.2) is 0 Å². The number of phosphoric acid groups is 2. The summed E-state index contributed by atoms with van der Waals surface area (Å²) < 4.78 is 39.2. The minimum atomic E-state index is -5.08. The van der Waals surface area contributed by atoms with Crippen LogP contribution in [0.1, 0.15) is 52.7 Å². The average Bonchev–Trinajstić information content (AvgIpc) is 2.53. The van der Waals surface area contributed by atoms with Crippen LogP contribution >= 0.6 is 15.6 Å². The van der Waals surface area contributed by atoms with Crippen LogP contribution in [0.5, 0.6) is 17.2 Å². The number of benzene rings is 2. The van der Waals surface area contributed by atoms with Gasteiger partial charge < -0.3 is 14.2 Å². The van der Waals surface area contributed by atoms with E-state index >= 15 is 0 Å². The summed E-state index contributed by atoms with van der Waals surface area (Å²) in [6.07, 6.45) is 0. The predicted octanol–water partition coefficient (Wildman–Crippen LogP) is 5.66. The Hall–Kier alpha value is -1.82. The minimum Gasteiger partial charge on any atom is -0.508 e. The topological polar surface area (TPSA) is 123 Å². The molecule has 10 heteroatoms. The summed E-state index contributed by atoms with van der Waals surface area (Å²) in [4.78, 5) is 20.1. The molecule has 0 aromatic heterocycles. The van der Waals surface area contributed by atoms with E-state index < -0.39 is 26.5 Å². The van der Waals surface area contributed by atoms with Crippen molar-refractivity contribution in [2.24, 2.45) is 0 Å². The standard InChI is InChI=1S/C20H28O8P2/c1-19(2,3)17-15(21)12-13-16(18(17)20(4,5)6)27-30(24,25)28-29(22,23)26-14-10-8-7-9-11-14/h7-13,21H,1-6H3,(H,22,23)(H,24,25). The summed E-state index contributed by atoms with van der Waals surface area (Å²) in [5, 5.41) is 10.4. The number of aromatic hydroxyl groups is 1. The molecule has 2 unspecified atom stereocenters. The molecule has 0 aliphatic rings. The predicted molar refractivity (Wildman–Crippen MR) is 114 cm³/mol. The van der Waals surface area contributed by atoms with E-state index in [1.807, 2.05) is 41.5 Å². The monoisotopic (exact) mass is 458 g/mol. The molecule has 0 heterocycles. The van der Waals surface area contributed by atoms with E-state index in [0.29, 0.717) is 11.1 Å². The molecule has 0 spiro atoms. The Morgan fingerprint density at radius 1 is 0.733 bits per heavy atom. The van der Waals surface area contributed by atoms with Crippen LogP contribution in [0.2, 0.25) is 0 Å². The molecule has 3 N–H and O–H groups in total. The summed E-state index contributed by atoms with van der Waals surface area (Å²) in [6.45, 7) is 11.2. The van der Waals surface area contributed by atoms with Gasteiger partial charge in [-0.15, -0.1) is 0 Å². The Labute approximate surface area is 176 Å². The summed E-state index contributed by atoms with van der Waals surface area (Å²) in [7, 11) is -10.0. The minimum absolute atomic E-state index is 0.00806. The molecule has 0 amide bonds. The smallest absolute Gasteiger partial charge is 0.508 e. The first-order chi connectivity index (χ1) is 13.5. The number of hydrogen-bond donors (Lipinski definition) is 3. The van der Waals surface area contributed by atoms with Crippen LogP contribution in [0.25, 0.3) is 0 Å². The van der Waals surface area contributed by atoms with Crippen LogP contribution in [-0.2, 0) is 24.3 Å². The van der Waals surface area contributed by atoms with E-state index in [-0.39, 0.29) is 17.2 Å². The van der Waals surface area contributed by atoms with Gasteiger partial charge in [-0.3, -0.25) is 9.79 Å². The number of phosphoric ester groups is 2. The highest BCUT2D eigenvalue weighted by Crippen LogP contribution is 2.61. The lowest BCUT2D eigenvalue weighted by molar-refractivity contribution is 0.233. The number of phenols is 1. The Balaban J connectivity index is 2.41. The molecule has 2 aromatic rings. The van der Waals surface area contributed by atoms with Gasteiger partial charge in [-0.05, 0) is 35.1 Å². The van der Waals surface area contributed by atoms with Gasteiger partial charge in [0, 0.05) is 11.1 Å². The molecule has 2 atom stereocenters. The first-order valence-corrected chi connectivity index (χ1v) is 12.2. The molecule has 0 saturated heterocycles. The Bertz CT molecular complexity index is 990. The second kappa shape index (κ2) is 8.37. The molecule has 0 aliphatic carbocycles. The molecule has 0 aliphatic heterocycles. The van der Waals surface area contributed by atoms with Gasteiger partial charge in [-0.1, -0.05) is 59.7 Å². The maximum Gasteiger partial charge on any atom is 0.537 e. The molecule has 8 nitrogen and oxygen atoms in total. The molecule has 0 saturated carbocycles. The van der Waals surface area contributed by atoms with Crippen molar-refractivity contribution in [2.45, 2.75) is 52.4 Å². The lowest BCUT2D eigenvalue weighted by Crippen LogP contribution is -2.23. The average molecular weight is 458 g/mol. The molecular weight excluding hydrogens is 430 g/mol. The van der Waals surface area contributed by atoms with Gasteiger partial charge in [0.25, 0.3) is 0 Å². The van der Waals surface area contributed by atoms with Crippen molar-refractivity contribution >= 4 is 15.6 Å².